The second-order valence-corrected chi connectivity index (χ2v) is 8.60. The van der Waals surface area contributed by atoms with Gasteiger partial charge in [0.15, 0.2) is 11.0 Å². The van der Waals surface area contributed by atoms with E-state index in [1.54, 1.807) is 6.92 Å². The quantitative estimate of drug-likeness (QED) is 0.458. The molecule has 1 unspecified atom stereocenters. The number of carboxylic acids is 1. The Morgan fingerprint density at radius 2 is 1.96 bits per heavy atom. The van der Waals surface area contributed by atoms with Crippen molar-refractivity contribution in [3.8, 4) is 17.1 Å². The van der Waals surface area contributed by atoms with E-state index >= 15 is 0 Å². The Morgan fingerprint density at radius 1 is 1.25 bits per heavy atom. The van der Waals surface area contributed by atoms with E-state index in [2.05, 4.69) is 21.7 Å². The molecule has 1 N–H and O–H groups in total. The molecule has 7 heteroatoms. The topological polar surface area (TPSA) is 77.2 Å². The van der Waals surface area contributed by atoms with Gasteiger partial charge >= 0.3 is 5.97 Å². The van der Waals surface area contributed by atoms with E-state index in [9.17, 15) is 9.90 Å². The molecule has 28 heavy (non-hydrogen) atoms. The average Bonchev–Trinajstić information content (AvgIpc) is 3.12. The molecule has 1 aliphatic rings. The summed E-state index contributed by atoms with van der Waals surface area (Å²) in [7, 11) is 0. The van der Waals surface area contributed by atoms with Crippen molar-refractivity contribution in [1.82, 2.24) is 14.8 Å². The molecule has 1 aromatic carbocycles. The van der Waals surface area contributed by atoms with E-state index in [1.807, 2.05) is 24.3 Å². The SMILES string of the molecule is CCCCOc1ccc(-c2nnc(SC(C)C(=O)O)n2C2CCCCC2)cc1. The molecule has 0 saturated heterocycles. The van der Waals surface area contributed by atoms with Crippen molar-refractivity contribution in [1.29, 1.82) is 0 Å². The van der Waals surface area contributed by atoms with Crippen LogP contribution in [-0.2, 0) is 4.79 Å². The molecule has 1 aliphatic carbocycles. The predicted octanol–water partition coefficient (Wildman–Crippen LogP) is 5.19. The highest BCUT2D eigenvalue weighted by molar-refractivity contribution is 8.00. The summed E-state index contributed by atoms with van der Waals surface area (Å²) in [6, 6.07) is 8.29. The number of thioether (sulfide) groups is 1. The molecule has 0 amide bonds. The van der Waals surface area contributed by atoms with Gasteiger partial charge in [-0.2, -0.15) is 0 Å². The van der Waals surface area contributed by atoms with Gasteiger partial charge in [0.25, 0.3) is 0 Å². The second-order valence-electron chi connectivity index (χ2n) is 7.29. The smallest absolute Gasteiger partial charge is 0.316 e. The summed E-state index contributed by atoms with van der Waals surface area (Å²) in [5.41, 5.74) is 0.982. The number of carboxylic acid groups (broad SMARTS) is 1. The molecular weight excluding hydrogens is 374 g/mol. The molecule has 1 saturated carbocycles. The van der Waals surface area contributed by atoms with Crippen LogP contribution in [0.15, 0.2) is 29.4 Å². The number of unbranched alkanes of at least 4 members (excludes halogenated alkanes) is 1. The van der Waals surface area contributed by atoms with E-state index in [-0.39, 0.29) is 0 Å². The van der Waals surface area contributed by atoms with Gasteiger partial charge < -0.3 is 9.84 Å². The first kappa shape index (κ1) is 20.7. The van der Waals surface area contributed by atoms with E-state index < -0.39 is 11.2 Å². The van der Waals surface area contributed by atoms with Gasteiger partial charge in [0.2, 0.25) is 0 Å². The Balaban J connectivity index is 1.87. The van der Waals surface area contributed by atoms with Crippen molar-refractivity contribution < 1.29 is 14.6 Å². The van der Waals surface area contributed by atoms with Crippen LogP contribution in [-0.4, -0.2) is 37.7 Å². The molecular formula is C21H29N3O3S. The lowest BCUT2D eigenvalue weighted by atomic mass is 9.95. The zero-order chi connectivity index (χ0) is 19.9. The number of aromatic nitrogens is 3. The lowest BCUT2D eigenvalue weighted by Gasteiger charge is -2.26. The van der Waals surface area contributed by atoms with Gasteiger partial charge in [0, 0.05) is 11.6 Å². The number of rotatable bonds is 9. The molecule has 3 rings (SSSR count). The van der Waals surface area contributed by atoms with Crippen LogP contribution in [0.25, 0.3) is 11.4 Å². The molecule has 0 spiro atoms. The van der Waals surface area contributed by atoms with Gasteiger partial charge in [-0.25, -0.2) is 0 Å². The van der Waals surface area contributed by atoms with Gasteiger partial charge in [-0.3, -0.25) is 9.36 Å². The van der Waals surface area contributed by atoms with Crippen LogP contribution >= 0.6 is 11.8 Å². The third kappa shape index (κ3) is 5.07. The van der Waals surface area contributed by atoms with Crippen LogP contribution < -0.4 is 4.74 Å². The normalized spacial score (nSPS) is 16.1. The van der Waals surface area contributed by atoms with Gasteiger partial charge in [0.1, 0.15) is 11.0 Å². The van der Waals surface area contributed by atoms with Crippen molar-refractivity contribution in [3.05, 3.63) is 24.3 Å². The fourth-order valence-electron chi connectivity index (χ4n) is 3.47. The fourth-order valence-corrected chi connectivity index (χ4v) is 4.32. The lowest BCUT2D eigenvalue weighted by Crippen LogP contribution is -2.17. The first-order chi connectivity index (χ1) is 13.6. The minimum atomic E-state index is -0.835. The van der Waals surface area contributed by atoms with Crippen molar-refractivity contribution in [3.63, 3.8) is 0 Å². The monoisotopic (exact) mass is 403 g/mol. The van der Waals surface area contributed by atoms with Gasteiger partial charge in [-0.1, -0.05) is 44.4 Å². The Labute approximate surface area is 170 Å². The molecule has 1 atom stereocenters. The number of benzene rings is 1. The third-order valence-electron chi connectivity index (χ3n) is 5.11. The highest BCUT2D eigenvalue weighted by Gasteiger charge is 2.26. The van der Waals surface area contributed by atoms with Crippen molar-refractivity contribution in [2.75, 3.05) is 6.61 Å². The zero-order valence-corrected chi connectivity index (χ0v) is 17.5. The van der Waals surface area contributed by atoms with E-state index in [0.717, 1.165) is 49.4 Å². The summed E-state index contributed by atoms with van der Waals surface area (Å²) in [6.07, 6.45) is 7.94. The summed E-state index contributed by atoms with van der Waals surface area (Å²) < 4.78 is 7.92. The lowest BCUT2D eigenvalue weighted by molar-refractivity contribution is -0.136. The van der Waals surface area contributed by atoms with Crippen molar-refractivity contribution in [2.24, 2.45) is 0 Å². The minimum absolute atomic E-state index is 0.322. The molecule has 0 aliphatic heterocycles. The molecule has 1 heterocycles. The third-order valence-corrected chi connectivity index (χ3v) is 6.16. The Bertz CT molecular complexity index is 770. The number of aliphatic carboxylic acids is 1. The summed E-state index contributed by atoms with van der Waals surface area (Å²) in [4.78, 5) is 11.3. The van der Waals surface area contributed by atoms with Crippen LogP contribution in [0.3, 0.4) is 0 Å². The van der Waals surface area contributed by atoms with Crippen molar-refractivity contribution >= 4 is 17.7 Å². The Morgan fingerprint density at radius 3 is 2.61 bits per heavy atom. The van der Waals surface area contributed by atoms with Crippen molar-refractivity contribution in [2.45, 2.75) is 75.2 Å². The molecule has 1 aromatic heterocycles. The molecule has 2 aromatic rings. The molecule has 152 valence electrons. The van der Waals surface area contributed by atoms with Gasteiger partial charge in [-0.05, 0) is 50.5 Å². The highest BCUT2D eigenvalue weighted by atomic mass is 32.2. The Hall–Kier alpha value is -2.02. The van der Waals surface area contributed by atoms with Crippen LogP contribution in [0.4, 0.5) is 0 Å². The van der Waals surface area contributed by atoms with Gasteiger partial charge in [-0.15, -0.1) is 10.2 Å². The number of ether oxygens (including phenoxy) is 1. The summed E-state index contributed by atoms with van der Waals surface area (Å²) in [5, 5.41) is 18.2. The summed E-state index contributed by atoms with van der Waals surface area (Å²) in [5.74, 6) is 0.834. The van der Waals surface area contributed by atoms with E-state index in [1.165, 1.54) is 31.0 Å². The summed E-state index contributed by atoms with van der Waals surface area (Å²) in [6.45, 7) is 4.56. The fraction of sp³-hybridized carbons (Fsp3) is 0.571. The maximum atomic E-state index is 11.3. The van der Waals surface area contributed by atoms with Crippen LogP contribution in [0.2, 0.25) is 0 Å². The van der Waals surface area contributed by atoms with Crippen LogP contribution in [0.1, 0.15) is 64.8 Å². The maximum absolute atomic E-state index is 11.3. The number of nitrogens with zero attached hydrogens (tertiary/aromatic N) is 3. The standard InChI is InChI=1S/C21H29N3O3S/c1-3-4-14-27-18-12-10-16(11-13-18)19-22-23-21(28-15(2)20(25)26)24(19)17-8-6-5-7-9-17/h10-13,15,17H,3-9,14H2,1-2H3,(H,25,26). The number of carbonyl (C=O) groups is 1. The van der Waals surface area contributed by atoms with Crippen LogP contribution in [0.5, 0.6) is 5.75 Å². The zero-order valence-electron chi connectivity index (χ0n) is 16.6. The molecule has 0 radical (unpaired) electrons. The van der Waals surface area contributed by atoms with E-state index in [0.29, 0.717) is 11.2 Å². The average molecular weight is 404 g/mol. The second kappa shape index (κ2) is 9.96. The first-order valence-corrected chi connectivity index (χ1v) is 11.1. The molecule has 1 fully saturated rings. The number of hydrogen-bond donors (Lipinski definition) is 1. The maximum Gasteiger partial charge on any atom is 0.316 e. The summed E-state index contributed by atoms with van der Waals surface area (Å²) >= 11 is 1.27. The highest BCUT2D eigenvalue weighted by Crippen LogP contribution is 2.36. The predicted molar refractivity (Wildman–Crippen MR) is 111 cm³/mol. The minimum Gasteiger partial charge on any atom is -0.494 e. The van der Waals surface area contributed by atoms with E-state index in [4.69, 9.17) is 4.74 Å². The number of hydrogen-bond acceptors (Lipinski definition) is 5. The van der Waals surface area contributed by atoms with Gasteiger partial charge in [0.05, 0.1) is 6.61 Å². The van der Waals surface area contributed by atoms with Crippen LogP contribution in [0, 0.1) is 0 Å². The first-order valence-electron chi connectivity index (χ1n) is 10.2. The Kier molecular flexibility index (Phi) is 7.36. The molecule has 0 bridgehead atoms. The largest absolute Gasteiger partial charge is 0.494 e. The molecule has 6 nitrogen and oxygen atoms in total.